The Hall–Kier alpha value is -2.04. The third-order valence-corrected chi connectivity index (χ3v) is 2.16. The Labute approximate surface area is 107 Å². The number of ketones is 1. The van der Waals surface area contributed by atoms with Crippen molar-refractivity contribution in [2.75, 3.05) is 0 Å². The molecule has 18 heavy (non-hydrogen) atoms. The smallest absolute Gasteiger partial charge is 0.187 e. The SMILES string of the molecule is CC.CC(C)C(=O)c1nccnc1-n1cccn1. The molecule has 2 aromatic rings. The molecule has 0 N–H and O–H groups in total. The van der Waals surface area contributed by atoms with Crippen LogP contribution in [0.2, 0.25) is 0 Å². The summed E-state index contributed by atoms with van der Waals surface area (Å²) in [7, 11) is 0. The fraction of sp³-hybridized carbons (Fsp3) is 0.385. The van der Waals surface area contributed by atoms with Crippen molar-refractivity contribution in [2.24, 2.45) is 5.92 Å². The molecule has 2 rings (SSSR count). The number of carbonyl (C=O) groups is 1. The molecular formula is C13H18N4O. The molecule has 0 aromatic carbocycles. The normalized spacial score (nSPS) is 9.83. The summed E-state index contributed by atoms with van der Waals surface area (Å²) in [5.74, 6) is 0.343. The minimum Gasteiger partial charge on any atom is -0.292 e. The first-order chi connectivity index (χ1) is 8.70. The van der Waals surface area contributed by atoms with Gasteiger partial charge in [0.25, 0.3) is 0 Å². The molecule has 2 heterocycles. The summed E-state index contributed by atoms with van der Waals surface area (Å²) in [6.45, 7) is 7.67. The van der Waals surface area contributed by atoms with Crippen LogP contribution in [0.1, 0.15) is 38.2 Å². The molecule has 0 saturated carbocycles. The summed E-state index contributed by atoms with van der Waals surface area (Å²) in [4.78, 5) is 20.1. The molecule has 0 bridgehead atoms. The molecule has 0 radical (unpaired) electrons. The highest BCUT2D eigenvalue weighted by Gasteiger charge is 2.18. The van der Waals surface area contributed by atoms with Gasteiger partial charge < -0.3 is 0 Å². The molecule has 0 aliphatic heterocycles. The summed E-state index contributed by atoms with van der Waals surface area (Å²) in [5, 5.41) is 4.05. The van der Waals surface area contributed by atoms with Gasteiger partial charge in [-0.3, -0.25) is 4.79 Å². The van der Waals surface area contributed by atoms with Crippen molar-refractivity contribution in [2.45, 2.75) is 27.7 Å². The molecule has 0 aliphatic rings. The van der Waals surface area contributed by atoms with Gasteiger partial charge >= 0.3 is 0 Å². The molecule has 96 valence electrons. The zero-order valence-corrected chi connectivity index (χ0v) is 11.2. The summed E-state index contributed by atoms with van der Waals surface area (Å²) in [6, 6.07) is 1.78. The first-order valence-corrected chi connectivity index (χ1v) is 6.05. The van der Waals surface area contributed by atoms with Crippen LogP contribution < -0.4 is 0 Å². The lowest BCUT2D eigenvalue weighted by Gasteiger charge is -2.07. The summed E-state index contributed by atoms with van der Waals surface area (Å²) >= 11 is 0. The van der Waals surface area contributed by atoms with Gasteiger partial charge in [-0.05, 0) is 6.07 Å². The maximum Gasteiger partial charge on any atom is 0.187 e. The molecule has 0 atom stereocenters. The van der Waals surface area contributed by atoms with Crippen LogP contribution in [0.15, 0.2) is 30.9 Å². The van der Waals surface area contributed by atoms with E-state index in [-0.39, 0.29) is 11.7 Å². The number of rotatable bonds is 3. The fourth-order valence-electron chi connectivity index (χ4n) is 1.34. The van der Waals surface area contributed by atoms with E-state index in [4.69, 9.17) is 0 Å². The van der Waals surface area contributed by atoms with Crippen LogP contribution in [-0.4, -0.2) is 25.5 Å². The van der Waals surface area contributed by atoms with Crippen LogP contribution in [-0.2, 0) is 0 Å². The summed E-state index contributed by atoms with van der Waals surface area (Å²) < 4.78 is 1.54. The lowest BCUT2D eigenvalue weighted by molar-refractivity contribution is 0.0933. The van der Waals surface area contributed by atoms with Gasteiger partial charge in [0.2, 0.25) is 0 Å². The Balaban J connectivity index is 0.000000771. The number of nitrogens with zero attached hydrogens (tertiary/aromatic N) is 4. The Morgan fingerprint density at radius 3 is 2.39 bits per heavy atom. The number of hydrogen-bond acceptors (Lipinski definition) is 4. The lowest BCUT2D eigenvalue weighted by Crippen LogP contribution is -2.15. The zero-order chi connectivity index (χ0) is 13.5. The molecule has 0 amide bonds. The molecule has 0 spiro atoms. The Bertz CT molecular complexity index is 491. The zero-order valence-electron chi connectivity index (χ0n) is 11.2. The van der Waals surface area contributed by atoms with Crippen LogP contribution >= 0.6 is 0 Å². The predicted octanol–water partition coefficient (Wildman–Crippen LogP) is 2.53. The van der Waals surface area contributed by atoms with Gasteiger partial charge in [0.1, 0.15) is 0 Å². The lowest BCUT2D eigenvalue weighted by atomic mass is 10.1. The average molecular weight is 246 g/mol. The van der Waals surface area contributed by atoms with E-state index in [0.717, 1.165) is 0 Å². The number of aromatic nitrogens is 4. The third kappa shape index (κ3) is 3.00. The maximum absolute atomic E-state index is 11.9. The van der Waals surface area contributed by atoms with Gasteiger partial charge in [-0.2, -0.15) is 5.10 Å². The Kier molecular flexibility index (Phi) is 5.17. The van der Waals surface area contributed by atoms with Crippen LogP contribution in [0.25, 0.3) is 5.82 Å². The van der Waals surface area contributed by atoms with E-state index in [1.165, 1.54) is 6.20 Å². The van der Waals surface area contributed by atoms with Crippen LogP contribution in [0.3, 0.4) is 0 Å². The van der Waals surface area contributed by atoms with E-state index in [1.807, 2.05) is 27.7 Å². The number of carbonyl (C=O) groups excluding carboxylic acids is 1. The molecule has 0 aliphatic carbocycles. The first kappa shape index (κ1) is 14.0. The van der Waals surface area contributed by atoms with Crippen molar-refractivity contribution in [3.63, 3.8) is 0 Å². The Morgan fingerprint density at radius 1 is 1.17 bits per heavy atom. The molecular weight excluding hydrogens is 228 g/mol. The van der Waals surface area contributed by atoms with Gasteiger partial charge in [0.15, 0.2) is 17.3 Å². The van der Waals surface area contributed by atoms with Crippen LogP contribution in [0, 0.1) is 5.92 Å². The van der Waals surface area contributed by atoms with Gasteiger partial charge in [-0.1, -0.05) is 27.7 Å². The Morgan fingerprint density at radius 2 is 1.83 bits per heavy atom. The van der Waals surface area contributed by atoms with Gasteiger partial charge in [0.05, 0.1) is 0 Å². The highest BCUT2D eigenvalue weighted by atomic mass is 16.1. The van der Waals surface area contributed by atoms with Crippen molar-refractivity contribution in [1.29, 1.82) is 0 Å². The van der Waals surface area contributed by atoms with Crippen molar-refractivity contribution in [1.82, 2.24) is 19.7 Å². The third-order valence-electron chi connectivity index (χ3n) is 2.16. The number of hydrogen-bond donors (Lipinski definition) is 0. The van der Waals surface area contributed by atoms with E-state index >= 15 is 0 Å². The highest BCUT2D eigenvalue weighted by molar-refractivity contribution is 5.98. The van der Waals surface area contributed by atoms with Crippen molar-refractivity contribution >= 4 is 5.78 Å². The van der Waals surface area contributed by atoms with E-state index < -0.39 is 0 Å². The predicted molar refractivity (Wildman–Crippen MR) is 69.7 cm³/mol. The molecule has 0 saturated heterocycles. The maximum atomic E-state index is 11.9. The first-order valence-electron chi connectivity index (χ1n) is 6.05. The van der Waals surface area contributed by atoms with Crippen LogP contribution in [0.5, 0.6) is 0 Å². The van der Waals surface area contributed by atoms with Gasteiger partial charge in [-0.15, -0.1) is 0 Å². The van der Waals surface area contributed by atoms with E-state index in [0.29, 0.717) is 11.5 Å². The van der Waals surface area contributed by atoms with E-state index in [1.54, 1.807) is 29.3 Å². The van der Waals surface area contributed by atoms with E-state index in [9.17, 15) is 4.79 Å². The minimum absolute atomic E-state index is 0.0291. The largest absolute Gasteiger partial charge is 0.292 e. The minimum atomic E-state index is -0.106. The topological polar surface area (TPSA) is 60.7 Å². The molecule has 5 heteroatoms. The second-order valence-electron chi connectivity index (χ2n) is 3.70. The second kappa shape index (κ2) is 6.64. The van der Waals surface area contributed by atoms with Crippen LogP contribution in [0.4, 0.5) is 0 Å². The second-order valence-corrected chi connectivity index (χ2v) is 3.70. The molecule has 0 fully saturated rings. The van der Waals surface area contributed by atoms with Gasteiger partial charge in [-0.25, -0.2) is 14.6 Å². The number of Topliss-reactive ketones (excluding diaryl/α,β-unsaturated/α-hetero) is 1. The molecule has 2 aromatic heterocycles. The van der Waals surface area contributed by atoms with Gasteiger partial charge in [0, 0.05) is 30.7 Å². The van der Waals surface area contributed by atoms with Crippen molar-refractivity contribution in [3.8, 4) is 5.82 Å². The van der Waals surface area contributed by atoms with Crippen molar-refractivity contribution in [3.05, 3.63) is 36.5 Å². The summed E-state index contributed by atoms with van der Waals surface area (Å²) in [5.41, 5.74) is 0.362. The summed E-state index contributed by atoms with van der Waals surface area (Å²) in [6.07, 6.45) is 6.44. The average Bonchev–Trinajstić information content (AvgIpc) is 2.94. The molecule has 5 nitrogen and oxygen atoms in total. The molecule has 0 unspecified atom stereocenters. The quantitative estimate of drug-likeness (QED) is 0.781. The van der Waals surface area contributed by atoms with Crippen molar-refractivity contribution < 1.29 is 4.79 Å². The highest BCUT2D eigenvalue weighted by Crippen LogP contribution is 2.12. The van der Waals surface area contributed by atoms with E-state index in [2.05, 4.69) is 15.1 Å². The standard InChI is InChI=1S/C11H12N4O.C2H6/c1-8(2)10(16)9-11(13-6-5-12-9)15-7-3-4-14-15;1-2/h3-8H,1-2H3;1-2H3. The fourth-order valence-corrected chi connectivity index (χ4v) is 1.34. The monoisotopic (exact) mass is 246 g/mol.